The molecule has 2 heterocycles. The summed E-state index contributed by atoms with van der Waals surface area (Å²) >= 11 is 0. The van der Waals surface area contributed by atoms with Gasteiger partial charge in [0.2, 0.25) is 0 Å². The molecule has 0 radical (unpaired) electrons. The van der Waals surface area contributed by atoms with Gasteiger partial charge in [0, 0.05) is 11.4 Å². The molecule has 130 valence electrons. The van der Waals surface area contributed by atoms with Crippen LogP contribution in [0.2, 0.25) is 0 Å². The highest BCUT2D eigenvalue weighted by atomic mass is 16.5. The maximum atomic E-state index is 12.6. The third-order valence-electron chi connectivity index (χ3n) is 3.90. The van der Waals surface area contributed by atoms with E-state index in [1.54, 1.807) is 19.2 Å². The molecule has 0 aliphatic carbocycles. The van der Waals surface area contributed by atoms with Crippen molar-refractivity contribution in [3.05, 3.63) is 23.5 Å². The molecule has 0 saturated heterocycles. The molecule has 24 heavy (non-hydrogen) atoms. The fourth-order valence-corrected chi connectivity index (χ4v) is 2.52. The van der Waals surface area contributed by atoms with Crippen LogP contribution in [0.15, 0.2) is 12.3 Å². The van der Waals surface area contributed by atoms with Crippen molar-refractivity contribution in [2.24, 2.45) is 5.92 Å². The van der Waals surface area contributed by atoms with Gasteiger partial charge >= 0.3 is 5.97 Å². The molecule has 7 nitrogen and oxygen atoms in total. The predicted molar refractivity (Wildman–Crippen MR) is 90.8 cm³/mol. The Morgan fingerprint density at radius 1 is 1.25 bits per heavy atom. The van der Waals surface area contributed by atoms with Crippen LogP contribution in [0.25, 0.3) is 11.0 Å². The van der Waals surface area contributed by atoms with Gasteiger partial charge in [-0.25, -0.2) is 14.5 Å². The van der Waals surface area contributed by atoms with Crippen molar-refractivity contribution in [3.8, 4) is 0 Å². The first-order chi connectivity index (χ1) is 11.3. The number of rotatable bonds is 5. The van der Waals surface area contributed by atoms with Crippen LogP contribution < -0.4 is 5.32 Å². The van der Waals surface area contributed by atoms with Gasteiger partial charge in [0.1, 0.15) is 6.04 Å². The molecule has 0 aliphatic heterocycles. The van der Waals surface area contributed by atoms with E-state index in [9.17, 15) is 9.59 Å². The van der Waals surface area contributed by atoms with Gasteiger partial charge in [-0.15, -0.1) is 0 Å². The number of fused-ring (bicyclic) bond motifs is 1. The normalized spacial score (nSPS) is 12.7. The molecule has 0 saturated carbocycles. The number of esters is 1. The number of pyridine rings is 1. The second kappa shape index (κ2) is 6.98. The van der Waals surface area contributed by atoms with Gasteiger partial charge in [0.25, 0.3) is 5.91 Å². The molecular weight excluding hydrogens is 308 g/mol. The van der Waals surface area contributed by atoms with Crippen molar-refractivity contribution in [2.75, 3.05) is 7.11 Å². The number of carbonyl (C=O) groups excluding carboxylic acids is 2. The average Bonchev–Trinajstić information content (AvgIpc) is 2.93. The quantitative estimate of drug-likeness (QED) is 0.849. The molecule has 1 N–H and O–H groups in total. The van der Waals surface area contributed by atoms with Crippen LogP contribution in [0.4, 0.5) is 0 Å². The maximum absolute atomic E-state index is 12.6. The Kier molecular flexibility index (Phi) is 5.21. The Bertz CT molecular complexity index is 765. The summed E-state index contributed by atoms with van der Waals surface area (Å²) in [6, 6.07) is 1.24. The smallest absolute Gasteiger partial charge is 0.328 e. The molecule has 1 amide bonds. The van der Waals surface area contributed by atoms with E-state index in [2.05, 4.69) is 15.4 Å². The zero-order valence-electron chi connectivity index (χ0n) is 15.0. The van der Waals surface area contributed by atoms with Gasteiger partial charge in [-0.2, -0.15) is 5.10 Å². The second-order valence-electron chi connectivity index (χ2n) is 6.44. The molecule has 7 heteroatoms. The zero-order valence-corrected chi connectivity index (χ0v) is 15.0. The second-order valence-corrected chi connectivity index (χ2v) is 6.44. The predicted octanol–water partition coefficient (Wildman–Crippen LogP) is 2.25. The van der Waals surface area contributed by atoms with E-state index in [0.29, 0.717) is 11.3 Å². The van der Waals surface area contributed by atoms with E-state index < -0.39 is 12.0 Å². The summed E-state index contributed by atoms with van der Waals surface area (Å²) in [7, 11) is 1.31. The van der Waals surface area contributed by atoms with E-state index in [4.69, 9.17) is 4.74 Å². The lowest BCUT2D eigenvalue weighted by Crippen LogP contribution is -2.45. The van der Waals surface area contributed by atoms with Crippen molar-refractivity contribution in [1.29, 1.82) is 0 Å². The van der Waals surface area contributed by atoms with Crippen molar-refractivity contribution >= 4 is 22.9 Å². The number of methoxy groups -OCH3 is 1. The minimum atomic E-state index is -0.698. The summed E-state index contributed by atoms with van der Waals surface area (Å²) in [5.74, 6) is -0.886. The summed E-state index contributed by atoms with van der Waals surface area (Å²) in [5.41, 5.74) is 1.77. The fraction of sp³-hybridized carbons (Fsp3) is 0.529. The molecule has 2 aromatic heterocycles. The van der Waals surface area contributed by atoms with Crippen LogP contribution in [0.3, 0.4) is 0 Å². The zero-order chi connectivity index (χ0) is 18.0. The fourth-order valence-electron chi connectivity index (χ4n) is 2.52. The highest BCUT2D eigenvalue weighted by molar-refractivity contribution is 6.00. The minimum absolute atomic E-state index is 0.0814. The highest BCUT2D eigenvalue weighted by Crippen LogP contribution is 2.19. The Hall–Kier alpha value is -2.44. The van der Waals surface area contributed by atoms with Crippen LogP contribution in [-0.2, 0) is 9.53 Å². The third-order valence-corrected chi connectivity index (χ3v) is 3.90. The van der Waals surface area contributed by atoms with Crippen LogP contribution in [-0.4, -0.2) is 39.8 Å². The summed E-state index contributed by atoms with van der Waals surface area (Å²) in [6.45, 7) is 9.52. The lowest BCUT2D eigenvalue weighted by atomic mass is 10.0. The van der Waals surface area contributed by atoms with Crippen LogP contribution in [0, 0.1) is 12.8 Å². The van der Waals surface area contributed by atoms with Crippen LogP contribution in [0.1, 0.15) is 49.8 Å². The Balaban J connectivity index is 2.36. The van der Waals surface area contributed by atoms with Crippen LogP contribution >= 0.6 is 0 Å². The first kappa shape index (κ1) is 17.9. The molecule has 0 bridgehead atoms. The van der Waals surface area contributed by atoms with E-state index in [1.807, 2.05) is 32.4 Å². The van der Waals surface area contributed by atoms with Crippen molar-refractivity contribution < 1.29 is 14.3 Å². The first-order valence-electron chi connectivity index (χ1n) is 7.99. The van der Waals surface area contributed by atoms with Crippen molar-refractivity contribution in [2.45, 2.75) is 46.7 Å². The summed E-state index contributed by atoms with van der Waals surface area (Å²) in [4.78, 5) is 28.9. The van der Waals surface area contributed by atoms with Crippen molar-refractivity contribution in [1.82, 2.24) is 20.1 Å². The number of nitrogens with zero attached hydrogens (tertiary/aromatic N) is 3. The van der Waals surface area contributed by atoms with Crippen molar-refractivity contribution in [3.63, 3.8) is 0 Å². The lowest BCUT2D eigenvalue weighted by molar-refractivity contribution is -0.144. The molecule has 2 rings (SSSR count). The Labute approximate surface area is 141 Å². The van der Waals surface area contributed by atoms with E-state index in [0.717, 1.165) is 11.0 Å². The van der Waals surface area contributed by atoms with Gasteiger partial charge in [-0.1, -0.05) is 13.8 Å². The standard InChI is InChI=1S/C17H24N4O3/c1-9(2)14(17(23)24-6)20-16(22)13-7-12-8-18-21(10(3)4)15(12)19-11(13)5/h7-10,14H,1-6H3,(H,20,22)/t14-/m0/s1. The molecule has 0 aromatic carbocycles. The van der Waals surface area contributed by atoms with E-state index in [-0.39, 0.29) is 17.9 Å². The maximum Gasteiger partial charge on any atom is 0.328 e. The van der Waals surface area contributed by atoms with Gasteiger partial charge in [-0.05, 0) is 32.8 Å². The largest absolute Gasteiger partial charge is 0.467 e. The van der Waals surface area contributed by atoms with E-state index >= 15 is 0 Å². The highest BCUT2D eigenvalue weighted by Gasteiger charge is 2.26. The minimum Gasteiger partial charge on any atom is -0.467 e. The number of amides is 1. The summed E-state index contributed by atoms with van der Waals surface area (Å²) < 4.78 is 6.57. The SMILES string of the molecule is COC(=O)[C@@H](NC(=O)c1cc2cnn(C(C)C)c2nc1C)C(C)C. The molecule has 0 aliphatic rings. The molecular formula is C17H24N4O3. The number of aryl methyl sites for hydroxylation is 1. The lowest BCUT2D eigenvalue weighted by Gasteiger charge is -2.20. The monoisotopic (exact) mass is 332 g/mol. The molecule has 2 aromatic rings. The molecule has 0 unspecified atom stereocenters. The van der Waals surface area contributed by atoms with Crippen LogP contribution in [0.5, 0.6) is 0 Å². The first-order valence-corrected chi connectivity index (χ1v) is 7.99. The number of ether oxygens (including phenoxy) is 1. The Morgan fingerprint density at radius 2 is 1.92 bits per heavy atom. The number of carbonyl (C=O) groups is 2. The van der Waals surface area contributed by atoms with E-state index in [1.165, 1.54) is 7.11 Å². The number of aromatic nitrogens is 3. The molecule has 0 spiro atoms. The topological polar surface area (TPSA) is 86.1 Å². The number of nitrogens with one attached hydrogen (secondary N) is 1. The van der Waals surface area contributed by atoms with Gasteiger partial charge in [0.05, 0.1) is 24.6 Å². The van der Waals surface area contributed by atoms with Gasteiger partial charge in [0.15, 0.2) is 5.65 Å². The van der Waals surface area contributed by atoms with Gasteiger partial charge in [-0.3, -0.25) is 4.79 Å². The van der Waals surface area contributed by atoms with Gasteiger partial charge < -0.3 is 10.1 Å². The average molecular weight is 332 g/mol. The number of hydrogen-bond acceptors (Lipinski definition) is 5. The molecule has 0 fully saturated rings. The third kappa shape index (κ3) is 3.39. The number of hydrogen-bond donors (Lipinski definition) is 1. The molecule has 1 atom stereocenters. The summed E-state index contributed by atoms with van der Waals surface area (Å²) in [6.07, 6.45) is 1.69. The summed E-state index contributed by atoms with van der Waals surface area (Å²) in [5, 5.41) is 7.84. The Morgan fingerprint density at radius 3 is 2.46 bits per heavy atom.